The third-order valence-corrected chi connectivity index (χ3v) is 2.61. The number of ether oxygens (including phenoxy) is 1. The Morgan fingerprint density at radius 3 is 2.73 bits per heavy atom. The van der Waals surface area contributed by atoms with Crippen LogP contribution in [0.5, 0.6) is 0 Å². The molecular formula is C10H21NO3S. The van der Waals surface area contributed by atoms with Crippen LogP contribution in [0.4, 0.5) is 0 Å². The van der Waals surface area contributed by atoms with Crippen LogP contribution in [0.2, 0.25) is 0 Å². The molecule has 0 aromatic rings. The number of rotatable bonds is 9. The van der Waals surface area contributed by atoms with E-state index >= 15 is 0 Å². The van der Waals surface area contributed by atoms with E-state index in [1.165, 1.54) is 11.8 Å². The van der Waals surface area contributed by atoms with Crippen LogP contribution < -0.4 is 0 Å². The van der Waals surface area contributed by atoms with Gasteiger partial charge in [0.2, 0.25) is 0 Å². The minimum absolute atomic E-state index is 0.0431. The topological polar surface area (TPSA) is 49.8 Å². The third kappa shape index (κ3) is 11.8. The van der Waals surface area contributed by atoms with E-state index in [-0.39, 0.29) is 11.7 Å². The van der Waals surface area contributed by atoms with Crippen molar-refractivity contribution in [3.05, 3.63) is 0 Å². The number of thioether (sulfide) groups is 1. The summed E-state index contributed by atoms with van der Waals surface area (Å²) in [5, 5.41) is 8.67. The van der Waals surface area contributed by atoms with Crippen LogP contribution in [0.3, 0.4) is 0 Å². The Morgan fingerprint density at radius 2 is 2.13 bits per heavy atom. The first-order valence-corrected chi connectivity index (χ1v) is 6.14. The molecule has 0 aromatic carbocycles. The lowest BCUT2D eigenvalue weighted by atomic mass is 10.3. The number of aliphatic hydroxyl groups is 1. The van der Waals surface area contributed by atoms with Crippen LogP contribution in [0, 0.1) is 0 Å². The first-order chi connectivity index (χ1) is 7.16. The zero-order chi connectivity index (χ0) is 11.5. The molecule has 0 aliphatic rings. The Kier molecular flexibility index (Phi) is 10.3. The molecule has 4 nitrogen and oxygen atoms in total. The first kappa shape index (κ1) is 14.9. The van der Waals surface area contributed by atoms with Crippen LogP contribution in [-0.4, -0.2) is 61.3 Å². The van der Waals surface area contributed by atoms with E-state index in [4.69, 9.17) is 9.84 Å². The Bertz CT molecular complexity index is 165. The second-order valence-corrected chi connectivity index (χ2v) is 4.62. The van der Waals surface area contributed by atoms with Gasteiger partial charge < -0.3 is 14.7 Å². The van der Waals surface area contributed by atoms with E-state index < -0.39 is 0 Å². The van der Waals surface area contributed by atoms with Crippen LogP contribution in [0.1, 0.15) is 12.8 Å². The van der Waals surface area contributed by atoms with Crippen LogP contribution in [0.15, 0.2) is 0 Å². The van der Waals surface area contributed by atoms with Crippen molar-refractivity contribution < 1.29 is 14.6 Å². The number of nitrogens with zero attached hydrogens (tertiary/aromatic N) is 1. The maximum atomic E-state index is 11.3. The SMILES string of the molecule is CN(C)CCCC(=O)SCCOCCO. The van der Waals surface area contributed by atoms with Crippen LogP contribution >= 0.6 is 11.8 Å². The van der Waals surface area contributed by atoms with Gasteiger partial charge in [-0.05, 0) is 27.1 Å². The summed E-state index contributed by atoms with van der Waals surface area (Å²) in [5.74, 6) is 0.681. The summed E-state index contributed by atoms with van der Waals surface area (Å²) in [7, 11) is 4.00. The highest BCUT2D eigenvalue weighted by atomic mass is 32.2. The number of carbonyl (C=O) groups excluding carboxylic acids is 1. The van der Waals surface area contributed by atoms with Gasteiger partial charge in [0.25, 0.3) is 0 Å². The molecule has 0 heterocycles. The fourth-order valence-corrected chi connectivity index (χ4v) is 1.71. The first-order valence-electron chi connectivity index (χ1n) is 5.15. The van der Waals surface area contributed by atoms with Gasteiger partial charge >= 0.3 is 0 Å². The van der Waals surface area contributed by atoms with Gasteiger partial charge in [0.15, 0.2) is 5.12 Å². The molecule has 0 bridgehead atoms. The van der Waals surface area contributed by atoms with Crippen molar-refractivity contribution >= 4 is 16.9 Å². The minimum atomic E-state index is 0.0431. The lowest BCUT2D eigenvalue weighted by molar-refractivity contribution is -0.111. The molecule has 0 aliphatic heterocycles. The van der Waals surface area contributed by atoms with Gasteiger partial charge in [-0.2, -0.15) is 0 Å². The van der Waals surface area contributed by atoms with Gasteiger partial charge in [0.1, 0.15) is 0 Å². The fraction of sp³-hybridized carbons (Fsp3) is 0.900. The molecule has 0 aromatic heterocycles. The van der Waals surface area contributed by atoms with E-state index in [2.05, 4.69) is 4.90 Å². The van der Waals surface area contributed by atoms with Crippen LogP contribution in [0.25, 0.3) is 0 Å². The number of aliphatic hydroxyl groups excluding tert-OH is 1. The zero-order valence-electron chi connectivity index (χ0n) is 9.57. The van der Waals surface area contributed by atoms with Gasteiger partial charge in [-0.3, -0.25) is 4.79 Å². The largest absolute Gasteiger partial charge is 0.394 e. The van der Waals surface area contributed by atoms with Crippen molar-refractivity contribution in [2.24, 2.45) is 0 Å². The van der Waals surface area contributed by atoms with Crippen LogP contribution in [-0.2, 0) is 9.53 Å². The standard InChI is InChI=1S/C10H21NO3S/c1-11(2)5-3-4-10(13)15-9-8-14-7-6-12/h12H,3-9H2,1-2H3. The Hall–Kier alpha value is -0.100. The maximum absolute atomic E-state index is 11.3. The average molecular weight is 235 g/mol. The molecule has 0 radical (unpaired) electrons. The fourth-order valence-electron chi connectivity index (χ4n) is 0.993. The molecule has 1 N–H and O–H groups in total. The van der Waals surface area contributed by atoms with Gasteiger partial charge in [0, 0.05) is 12.2 Å². The van der Waals surface area contributed by atoms with E-state index in [0.29, 0.717) is 25.4 Å². The molecule has 0 spiro atoms. The quantitative estimate of drug-likeness (QED) is 0.593. The van der Waals surface area contributed by atoms with Gasteiger partial charge in [-0.25, -0.2) is 0 Å². The third-order valence-electron chi connectivity index (χ3n) is 1.71. The van der Waals surface area contributed by atoms with Gasteiger partial charge in [-0.15, -0.1) is 0 Å². The van der Waals surface area contributed by atoms with E-state index in [1.54, 1.807) is 0 Å². The molecule has 0 rings (SSSR count). The highest BCUT2D eigenvalue weighted by molar-refractivity contribution is 8.13. The summed E-state index contributed by atoms with van der Waals surface area (Å²) >= 11 is 1.31. The van der Waals surface area contributed by atoms with Gasteiger partial charge in [-0.1, -0.05) is 11.8 Å². The highest BCUT2D eigenvalue weighted by Gasteiger charge is 2.02. The summed E-state index contributed by atoms with van der Waals surface area (Å²) in [4.78, 5) is 13.4. The summed E-state index contributed by atoms with van der Waals surface area (Å²) in [6, 6.07) is 0. The van der Waals surface area contributed by atoms with Crippen molar-refractivity contribution in [3.8, 4) is 0 Å². The summed E-state index contributed by atoms with van der Waals surface area (Å²) in [6.07, 6.45) is 1.54. The van der Waals surface area contributed by atoms with E-state index in [0.717, 1.165) is 13.0 Å². The molecule has 0 unspecified atom stereocenters. The lowest BCUT2D eigenvalue weighted by Gasteiger charge is -2.07. The van der Waals surface area contributed by atoms with Crippen molar-refractivity contribution in [2.45, 2.75) is 12.8 Å². The number of hydrogen-bond acceptors (Lipinski definition) is 5. The molecule has 15 heavy (non-hydrogen) atoms. The normalized spacial score (nSPS) is 10.9. The number of hydrogen-bond donors (Lipinski definition) is 1. The van der Waals surface area contributed by atoms with E-state index in [1.807, 2.05) is 14.1 Å². The molecule has 0 fully saturated rings. The Balaban J connectivity index is 3.19. The van der Waals surface area contributed by atoms with E-state index in [9.17, 15) is 4.79 Å². The van der Waals surface area contributed by atoms with Crippen molar-refractivity contribution in [1.29, 1.82) is 0 Å². The molecule has 0 aliphatic carbocycles. The second kappa shape index (κ2) is 10.4. The summed E-state index contributed by atoms with van der Waals surface area (Å²) < 4.78 is 5.04. The number of carbonyl (C=O) groups is 1. The van der Waals surface area contributed by atoms with Gasteiger partial charge in [0.05, 0.1) is 19.8 Å². The van der Waals surface area contributed by atoms with Crippen molar-refractivity contribution in [1.82, 2.24) is 4.90 Å². The molecular weight excluding hydrogens is 214 g/mol. The minimum Gasteiger partial charge on any atom is -0.394 e. The molecule has 0 saturated heterocycles. The Labute approximate surface area is 96.0 Å². The molecule has 0 amide bonds. The maximum Gasteiger partial charge on any atom is 0.189 e. The summed E-state index contributed by atoms with van der Waals surface area (Å²) in [6.45, 7) is 1.88. The lowest BCUT2D eigenvalue weighted by Crippen LogP contribution is -2.13. The van der Waals surface area contributed by atoms with Crippen molar-refractivity contribution in [3.63, 3.8) is 0 Å². The predicted octanol–water partition coefficient (Wildman–Crippen LogP) is 0.597. The summed E-state index contributed by atoms with van der Waals surface area (Å²) in [5.41, 5.74) is 0. The van der Waals surface area contributed by atoms with Crippen molar-refractivity contribution in [2.75, 3.05) is 46.2 Å². The smallest absolute Gasteiger partial charge is 0.189 e. The zero-order valence-corrected chi connectivity index (χ0v) is 10.4. The molecule has 90 valence electrons. The molecule has 5 heteroatoms. The highest BCUT2D eigenvalue weighted by Crippen LogP contribution is 2.07. The second-order valence-electron chi connectivity index (χ2n) is 3.46. The average Bonchev–Trinajstić information content (AvgIpc) is 2.17. The molecule has 0 saturated carbocycles. The molecule has 0 atom stereocenters. The Morgan fingerprint density at radius 1 is 1.40 bits per heavy atom. The predicted molar refractivity (Wildman–Crippen MR) is 63.2 cm³/mol. The monoisotopic (exact) mass is 235 g/mol.